The van der Waals surface area contributed by atoms with E-state index in [-0.39, 0.29) is 0 Å². The fraction of sp³-hybridized carbons (Fsp3) is 0.467. The highest BCUT2D eigenvalue weighted by Gasteiger charge is 2.22. The van der Waals surface area contributed by atoms with Crippen molar-refractivity contribution in [2.75, 3.05) is 13.2 Å². The van der Waals surface area contributed by atoms with Crippen LogP contribution in [0.1, 0.15) is 36.2 Å². The molecule has 0 spiro atoms. The van der Waals surface area contributed by atoms with Gasteiger partial charge in [0.25, 0.3) is 0 Å². The van der Waals surface area contributed by atoms with E-state index < -0.39 is 0 Å². The molecule has 0 radical (unpaired) electrons. The summed E-state index contributed by atoms with van der Waals surface area (Å²) in [5.41, 5.74) is 2.63. The smallest absolute Gasteiger partial charge is 0.138 e. The minimum absolute atomic E-state index is 0.400. The summed E-state index contributed by atoms with van der Waals surface area (Å²) in [5, 5.41) is 4.35. The zero-order valence-corrected chi connectivity index (χ0v) is 11.2. The van der Waals surface area contributed by atoms with E-state index in [0.29, 0.717) is 5.92 Å². The maximum atomic E-state index is 5.44. The molecular weight excluding hydrogens is 238 g/mol. The van der Waals surface area contributed by atoms with Gasteiger partial charge in [0, 0.05) is 12.5 Å². The summed E-state index contributed by atoms with van der Waals surface area (Å²) in [6.45, 7) is 4.57. The molecule has 100 valence electrons. The van der Waals surface area contributed by atoms with Crippen molar-refractivity contribution in [2.45, 2.75) is 32.2 Å². The Morgan fingerprint density at radius 2 is 2.05 bits per heavy atom. The Hall–Kier alpha value is -1.68. The van der Waals surface area contributed by atoms with Gasteiger partial charge in [-0.05, 0) is 24.0 Å². The third-order valence-electron chi connectivity index (χ3n) is 3.70. The topological polar surface area (TPSA) is 39.9 Å². The summed E-state index contributed by atoms with van der Waals surface area (Å²) in [4.78, 5) is 4.40. The zero-order valence-electron chi connectivity index (χ0n) is 11.2. The summed E-state index contributed by atoms with van der Waals surface area (Å²) in [7, 11) is 0. The highest BCUT2D eigenvalue weighted by Crippen LogP contribution is 2.23. The van der Waals surface area contributed by atoms with E-state index in [2.05, 4.69) is 41.3 Å². The van der Waals surface area contributed by atoms with Crippen molar-refractivity contribution in [3.8, 4) is 0 Å². The molecule has 0 aliphatic carbocycles. The summed E-state index contributed by atoms with van der Waals surface area (Å²) >= 11 is 0. The first-order chi connectivity index (χ1) is 9.36. The lowest BCUT2D eigenvalue weighted by Gasteiger charge is -2.10. The summed E-state index contributed by atoms with van der Waals surface area (Å²) in [5.74, 6) is 1.45. The van der Waals surface area contributed by atoms with Crippen LogP contribution in [0.25, 0.3) is 0 Å². The lowest BCUT2D eigenvalue weighted by atomic mass is 10.1. The van der Waals surface area contributed by atoms with Crippen LogP contribution >= 0.6 is 0 Å². The molecule has 0 bridgehead atoms. The van der Waals surface area contributed by atoms with E-state index in [1.54, 1.807) is 6.33 Å². The quantitative estimate of drug-likeness (QED) is 0.844. The highest BCUT2D eigenvalue weighted by molar-refractivity contribution is 5.22. The van der Waals surface area contributed by atoms with Crippen LogP contribution in [-0.4, -0.2) is 28.0 Å². The van der Waals surface area contributed by atoms with Gasteiger partial charge in [-0.2, -0.15) is 5.10 Å². The fourth-order valence-electron chi connectivity index (χ4n) is 2.50. The Kier molecular flexibility index (Phi) is 3.60. The molecule has 19 heavy (non-hydrogen) atoms. The Balaban J connectivity index is 1.77. The number of benzene rings is 1. The van der Waals surface area contributed by atoms with Crippen LogP contribution in [0, 0.1) is 0 Å². The van der Waals surface area contributed by atoms with Gasteiger partial charge in [-0.25, -0.2) is 9.67 Å². The van der Waals surface area contributed by atoms with Crippen LogP contribution in [-0.2, 0) is 17.7 Å². The molecule has 0 saturated carbocycles. The fourth-order valence-corrected chi connectivity index (χ4v) is 2.50. The van der Waals surface area contributed by atoms with Crippen molar-refractivity contribution in [3.63, 3.8) is 0 Å². The Morgan fingerprint density at radius 3 is 2.74 bits per heavy atom. The first-order valence-corrected chi connectivity index (χ1v) is 6.90. The maximum absolute atomic E-state index is 5.44. The van der Waals surface area contributed by atoms with Gasteiger partial charge in [-0.1, -0.05) is 31.2 Å². The summed E-state index contributed by atoms with van der Waals surface area (Å²) in [6.07, 6.45) is 3.77. The normalized spacial score (nSPS) is 18.9. The Morgan fingerprint density at radius 1 is 1.26 bits per heavy atom. The second kappa shape index (κ2) is 5.53. The van der Waals surface area contributed by atoms with Crippen LogP contribution < -0.4 is 0 Å². The highest BCUT2D eigenvalue weighted by atomic mass is 16.5. The van der Waals surface area contributed by atoms with Crippen molar-refractivity contribution in [2.24, 2.45) is 0 Å². The van der Waals surface area contributed by atoms with E-state index in [4.69, 9.17) is 4.74 Å². The standard InChI is InChI=1S/C15H19N3O/c1-2-12-3-5-13(6-4-12)9-18-15(16-11-17-18)14-7-8-19-10-14/h3-6,11,14H,2,7-10H2,1H3/t14-/m0/s1. The largest absolute Gasteiger partial charge is 0.381 e. The molecule has 1 aliphatic heterocycles. The summed E-state index contributed by atoms with van der Waals surface area (Å²) in [6, 6.07) is 8.72. The SMILES string of the molecule is CCc1ccc(Cn2ncnc2[C@H]2CCOC2)cc1. The lowest BCUT2D eigenvalue weighted by molar-refractivity contribution is 0.192. The van der Waals surface area contributed by atoms with Crippen LogP contribution in [0.15, 0.2) is 30.6 Å². The summed E-state index contributed by atoms with van der Waals surface area (Å²) < 4.78 is 7.44. The number of aryl methyl sites for hydroxylation is 1. The molecule has 0 N–H and O–H groups in total. The first kappa shape index (κ1) is 12.4. The minimum atomic E-state index is 0.400. The number of aromatic nitrogens is 3. The Labute approximate surface area is 113 Å². The molecule has 0 unspecified atom stereocenters. The molecular formula is C15H19N3O. The molecule has 3 rings (SSSR count). The molecule has 1 atom stereocenters. The molecule has 1 fully saturated rings. The molecule has 1 aromatic carbocycles. The third-order valence-corrected chi connectivity index (χ3v) is 3.70. The zero-order chi connectivity index (χ0) is 13.1. The monoisotopic (exact) mass is 257 g/mol. The van der Waals surface area contributed by atoms with Gasteiger partial charge in [0.05, 0.1) is 13.2 Å². The van der Waals surface area contributed by atoms with Gasteiger partial charge in [-0.15, -0.1) is 0 Å². The van der Waals surface area contributed by atoms with Gasteiger partial charge in [0.15, 0.2) is 0 Å². The van der Waals surface area contributed by atoms with Crippen molar-refractivity contribution >= 4 is 0 Å². The van der Waals surface area contributed by atoms with Gasteiger partial charge >= 0.3 is 0 Å². The maximum Gasteiger partial charge on any atom is 0.138 e. The molecule has 1 aliphatic rings. The minimum Gasteiger partial charge on any atom is -0.381 e. The molecule has 0 amide bonds. The predicted molar refractivity (Wildman–Crippen MR) is 73.1 cm³/mol. The van der Waals surface area contributed by atoms with E-state index in [1.807, 2.05) is 4.68 Å². The van der Waals surface area contributed by atoms with Gasteiger partial charge in [-0.3, -0.25) is 0 Å². The number of rotatable bonds is 4. The third kappa shape index (κ3) is 2.68. The lowest BCUT2D eigenvalue weighted by Crippen LogP contribution is -2.11. The second-order valence-corrected chi connectivity index (χ2v) is 5.01. The van der Waals surface area contributed by atoms with Crippen molar-refractivity contribution in [1.29, 1.82) is 0 Å². The number of hydrogen-bond donors (Lipinski definition) is 0. The second-order valence-electron chi connectivity index (χ2n) is 5.01. The van der Waals surface area contributed by atoms with Crippen LogP contribution in [0.5, 0.6) is 0 Å². The van der Waals surface area contributed by atoms with Crippen molar-refractivity contribution in [1.82, 2.24) is 14.8 Å². The van der Waals surface area contributed by atoms with E-state index in [9.17, 15) is 0 Å². The van der Waals surface area contributed by atoms with Gasteiger partial charge in [0.1, 0.15) is 12.2 Å². The number of hydrogen-bond acceptors (Lipinski definition) is 3. The molecule has 1 saturated heterocycles. The molecule has 4 nitrogen and oxygen atoms in total. The first-order valence-electron chi connectivity index (χ1n) is 6.90. The average Bonchev–Trinajstić information content (AvgIpc) is 3.10. The average molecular weight is 257 g/mol. The molecule has 4 heteroatoms. The number of ether oxygens (including phenoxy) is 1. The predicted octanol–water partition coefficient (Wildman–Crippen LogP) is 2.39. The van der Waals surface area contributed by atoms with Crippen molar-refractivity contribution in [3.05, 3.63) is 47.5 Å². The molecule has 2 aromatic rings. The van der Waals surface area contributed by atoms with Gasteiger partial charge in [0.2, 0.25) is 0 Å². The number of nitrogens with zero attached hydrogens (tertiary/aromatic N) is 3. The van der Waals surface area contributed by atoms with Crippen LogP contribution in [0.2, 0.25) is 0 Å². The van der Waals surface area contributed by atoms with E-state index in [0.717, 1.165) is 38.4 Å². The molecule has 1 aromatic heterocycles. The molecule has 2 heterocycles. The van der Waals surface area contributed by atoms with Crippen LogP contribution in [0.3, 0.4) is 0 Å². The van der Waals surface area contributed by atoms with E-state index in [1.165, 1.54) is 11.1 Å². The van der Waals surface area contributed by atoms with Crippen molar-refractivity contribution < 1.29 is 4.74 Å². The van der Waals surface area contributed by atoms with Crippen LogP contribution in [0.4, 0.5) is 0 Å². The van der Waals surface area contributed by atoms with Gasteiger partial charge < -0.3 is 4.74 Å². The Bertz CT molecular complexity index is 527. The van der Waals surface area contributed by atoms with E-state index >= 15 is 0 Å².